The number of likely N-dealkylation sites (N-methyl/N-ethyl adjacent to an activating group) is 1. The molecule has 1 amide bonds. The van der Waals surface area contributed by atoms with Crippen LogP contribution >= 0.6 is 12.2 Å². The van der Waals surface area contributed by atoms with E-state index >= 15 is 0 Å². The number of nitrogens with zero attached hydrogens (tertiary/aromatic N) is 1. The molecule has 1 rings (SSSR count). The Labute approximate surface area is 94.5 Å². The first-order valence-corrected chi connectivity index (χ1v) is 5.24. The molecule has 6 heteroatoms. The third kappa shape index (κ3) is 4.11. The number of ether oxygens (including phenoxy) is 2. The Morgan fingerprint density at radius 3 is 2.87 bits per heavy atom. The van der Waals surface area contributed by atoms with Gasteiger partial charge in [-0.25, -0.2) is 0 Å². The van der Waals surface area contributed by atoms with Crippen molar-refractivity contribution in [2.45, 2.75) is 12.5 Å². The van der Waals surface area contributed by atoms with Crippen LogP contribution < -0.4 is 5.73 Å². The first kappa shape index (κ1) is 12.4. The van der Waals surface area contributed by atoms with Crippen LogP contribution in [0.4, 0.5) is 0 Å². The Balaban J connectivity index is 2.33. The molecule has 0 saturated carbocycles. The summed E-state index contributed by atoms with van der Waals surface area (Å²) in [6.45, 7) is 1.88. The molecule has 5 nitrogen and oxygen atoms in total. The average Bonchev–Trinajstić information content (AvgIpc) is 2.26. The highest BCUT2D eigenvalue weighted by molar-refractivity contribution is 7.80. The van der Waals surface area contributed by atoms with Crippen LogP contribution in [-0.4, -0.2) is 55.3 Å². The molecular formula is C9H16N2O3S. The van der Waals surface area contributed by atoms with Crippen molar-refractivity contribution < 1.29 is 14.3 Å². The molecule has 1 saturated heterocycles. The Kier molecular flexibility index (Phi) is 4.93. The third-order valence-electron chi connectivity index (χ3n) is 2.16. The van der Waals surface area contributed by atoms with E-state index in [1.165, 1.54) is 0 Å². The maximum absolute atomic E-state index is 11.7. The van der Waals surface area contributed by atoms with Crippen LogP contribution in [0.5, 0.6) is 0 Å². The SMILES string of the molecule is CN(CCC(N)=S)C(=O)C1COCCO1. The minimum absolute atomic E-state index is 0.0778. The van der Waals surface area contributed by atoms with Gasteiger partial charge < -0.3 is 20.1 Å². The van der Waals surface area contributed by atoms with Crippen molar-refractivity contribution in [2.24, 2.45) is 5.73 Å². The predicted molar refractivity (Wildman–Crippen MR) is 59.6 cm³/mol. The lowest BCUT2D eigenvalue weighted by Crippen LogP contribution is -2.44. The monoisotopic (exact) mass is 232 g/mol. The molecule has 0 aromatic carbocycles. The molecule has 1 heterocycles. The summed E-state index contributed by atoms with van der Waals surface area (Å²) >= 11 is 4.74. The van der Waals surface area contributed by atoms with Crippen molar-refractivity contribution in [3.63, 3.8) is 0 Å². The lowest BCUT2D eigenvalue weighted by molar-refractivity contribution is -0.156. The van der Waals surface area contributed by atoms with Crippen molar-refractivity contribution in [2.75, 3.05) is 33.4 Å². The molecule has 0 aliphatic carbocycles. The Morgan fingerprint density at radius 1 is 1.60 bits per heavy atom. The van der Waals surface area contributed by atoms with Gasteiger partial charge in [0.15, 0.2) is 6.10 Å². The second-order valence-electron chi connectivity index (χ2n) is 3.41. The van der Waals surface area contributed by atoms with E-state index in [1.807, 2.05) is 0 Å². The molecule has 1 aliphatic heterocycles. The van der Waals surface area contributed by atoms with Crippen LogP contribution in [0.15, 0.2) is 0 Å². The van der Waals surface area contributed by atoms with Crippen molar-refractivity contribution in [1.29, 1.82) is 0 Å². The van der Waals surface area contributed by atoms with Crippen LogP contribution in [0.1, 0.15) is 6.42 Å². The van der Waals surface area contributed by atoms with Crippen LogP contribution in [0.3, 0.4) is 0 Å². The highest BCUT2D eigenvalue weighted by Crippen LogP contribution is 2.04. The lowest BCUT2D eigenvalue weighted by atomic mass is 10.3. The topological polar surface area (TPSA) is 64.8 Å². The van der Waals surface area contributed by atoms with Crippen molar-refractivity contribution >= 4 is 23.1 Å². The molecule has 15 heavy (non-hydrogen) atoms. The van der Waals surface area contributed by atoms with E-state index in [4.69, 9.17) is 27.4 Å². The Morgan fingerprint density at radius 2 is 2.33 bits per heavy atom. The van der Waals surface area contributed by atoms with Gasteiger partial charge >= 0.3 is 0 Å². The fourth-order valence-corrected chi connectivity index (χ4v) is 1.36. The maximum atomic E-state index is 11.7. The minimum Gasteiger partial charge on any atom is -0.393 e. The zero-order valence-corrected chi connectivity index (χ0v) is 9.59. The highest BCUT2D eigenvalue weighted by atomic mass is 32.1. The Bertz CT molecular complexity index is 242. The molecule has 0 aromatic heterocycles. The minimum atomic E-state index is -0.477. The van der Waals surface area contributed by atoms with E-state index in [1.54, 1.807) is 11.9 Å². The van der Waals surface area contributed by atoms with Crippen molar-refractivity contribution in [3.05, 3.63) is 0 Å². The molecule has 1 atom stereocenters. The van der Waals surface area contributed by atoms with Gasteiger partial charge in [0.2, 0.25) is 0 Å². The first-order valence-electron chi connectivity index (χ1n) is 4.84. The summed E-state index contributed by atoms with van der Waals surface area (Å²) in [5, 5.41) is 0. The Hall–Kier alpha value is -0.720. The van der Waals surface area contributed by atoms with Crippen LogP contribution in [-0.2, 0) is 14.3 Å². The summed E-state index contributed by atoms with van der Waals surface area (Å²) in [4.78, 5) is 13.7. The van der Waals surface area contributed by atoms with Gasteiger partial charge in [0.1, 0.15) is 0 Å². The fraction of sp³-hybridized carbons (Fsp3) is 0.778. The number of carbonyl (C=O) groups is 1. The summed E-state index contributed by atoms with van der Waals surface area (Å²) in [5.74, 6) is -0.0778. The van der Waals surface area contributed by atoms with E-state index in [-0.39, 0.29) is 5.91 Å². The fourth-order valence-electron chi connectivity index (χ4n) is 1.26. The van der Waals surface area contributed by atoms with Crippen LogP contribution in [0.25, 0.3) is 0 Å². The average molecular weight is 232 g/mol. The van der Waals surface area contributed by atoms with Gasteiger partial charge in [0, 0.05) is 20.0 Å². The molecule has 2 N–H and O–H groups in total. The number of amides is 1. The second-order valence-corrected chi connectivity index (χ2v) is 3.93. The molecule has 1 fully saturated rings. The maximum Gasteiger partial charge on any atom is 0.253 e. The van der Waals surface area contributed by atoms with Gasteiger partial charge in [0.05, 0.1) is 24.8 Å². The summed E-state index contributed by atoms with van der Waals surface area (Å²) in [7, 11) is 1.71. The van der Waals surface area contributed by atoms with Crippen molar-refractivity contribution in [1.82, 2.24) is 4.90 Å². The van der Waals surface area contributed by atoms with E-state index in [9.17, 15) is 4.79 Å². The zero-order valence-electron chi connectivity index (χ0n) is 8.77. The summed E-state index contributed by atoms with van der Waals surface area (Å²) in [6.07, 6.45) is 0.0561. The predicted octanol–water partition coefficient (Wildman–Crippen LogP) is -0.464. The number of hydrogen-bond acceptors (Lipinski definition) is 4. The molecule has 0 radical (unpaired) electrons. The van der Waals surface area contributed by atoms with Gasteiger partial charge in [-0.2, -0.15) is 0 Å². The third-order valence-corrected chi connectivity index (χ3v) is 2.37. The molecule has 1 unspecified atom stereocenters. The quantitative estimate of drug-likeness (QED) is 0.664. The smallest absolute Gasteiger partial charge is 0.253 e. The molecule has 0 bridgehead atoms. The van der Waals surface area contributed by atoms with E-state index in [0.29, 0.717) is 37.8 Å². The molecule has 0 aromatic rings. The number of hydrogen-bond donors (Lipinski definition) is 1. The number of rotatable bonds is 4. The second kappa shape index (κ2) is 5.99. The van der Waals surface area contributed by atoms with Crippen LogP contribution in [0.2, 0.25) is 0 Å². The van der Waals surface area contributed by atoms with Gasteiger partial charge in [-0.3, -0.25) is 4.79 Å². The number of carbonyl (C=O) groups excluding carboxylic acids is 1. The van der Waals surface area contributed by atoms with Gasteiger partial charge in [-0.15, -0.1) is 0 Å². The summed E-state index contributed by atoms with van der Waals surface area (Å²) in [6, 6.07) is 0. The van der Waals surface area contributed by atoms with Gasteiger partial charge in [-0.05, 0) is 0 Å². The zero-order chi connectivity index (χ0) is 11.3. The standard InChI is InChI=1S/C9H16N2O3S/c1-11(3-2-8(10)15)9(12)7-6-13-4-5-14-7/h7H,2-6H2,1H3,(H2,10,15). The molecule has 1 aliphatic rings. The van der Waals surface area contributed by atoms with E-state index in [0.717, 1.165) is 0 Å². The number of nitrogens with two attached hydrogens (primary N) is 1. The lowest BCUT2D eigenvalue weighted by Gasteiger charge is -2.26. The van der Waals surface area contributed by atoms with Gasteiger partial charge in [-0.1, -0.05) is 12.2 Å². The van der Waals surface area contributed by atoms with E-state index in [2.05, 4.69) is 0 Å². The van der Waals surface area contributed by atoms with Crippen LogP contribution in [0, 0.1) is 0 Å². The molecule has 0 spiro atoms. The van der Waals surface area contributed by atoms with Gasteiger partial charge in [0.25, 0.3) is 5.91 Å². The summed E-state index contributed by atoms with van der Waals surface area (Å²) < 4.78 is 10.4. The number of thiocarbonyl (C=S) groups is 1. The molecule has 86 valence electrons. The highest BCUT2D eigenvalue weighted by Gasteiger charge is 2.25. The largest absolute Gasteiger partial charge is 0.393 e. The summed E-state index contributed by atoms with van der Waals surface area (Å²) in [5.41, 5.74) is 5.36. The first-order chi connectivity index (χ1) is 7.11. The molecular weight excluding hydrogens is 216 g/mol. The van der Waals surface area contributed by atoms with Crippen molar-refractivity contribution in [3.8, 4) is 0 Å². The normalized spacial score (nSPS) is 21.0. The van der Waals surface area contributed by atoms with E-state index < -0.39 is 6.10 Å².